The smallest absolute Gasteiger partial charge is 0.0224 e. The molecule has 0 N–H and O–H groups in total. The van der Waals surface area contributed by atoms with Crippen molar-refractivity contribution < 1.29 is 0 Å². The van der Waals surface area contributed by atoms with Crippen molar-refractivity contribution in [2.24, 2.45) is 40.4 Å². The normalized spacial score (nSPS) is 78.3. The molecule has 0 nitrogen and oxygen atoms in total. The summed E-state index contributed by atoms with van der Waals surface area (Å²) in [5.41, 5.74) is 1.60. The second-order valence-electron chi connectivity index (χ2n) is 6.22. The third kappa shape index (κ3) is 0.278. The molecule has 0 aromatic rings. The van der Waals surface area contributed by atoms with Crippen molar-refractivity contribution in [1.82, 2.24) is 0 Å². The van der Waals surface area contributed by atoms with Crippen LogP contribution in [0.4, 0.5) is 0 Å². The quantitative estimate of drug-likeness (QED) is 0.495. The molecule has 6 atom stereocenters. The van der Waals surface area contributed by atoms with Crippen molar-refractivity contribution in [3.05, 3.63) is 0 Å². The molecule has 0 aliphatic heterocycles. The lowest BCUT2D eigenvalue weighted by atomic mass is 9.35. The maximum absolute atomic E-state index is 2.56. The summed E-state index contributed by atoms with van der Waals surface area (Å²) in [4.78, 5) is 0. The molecular formula is C11H16. The van der Waals surface area contributed by atoms with E-state index in [1.54, 1.807) is 6.42 Å². The highest BCUT2D eigenvalue weighted by molar-refractivity contribution is 5.38. The molecule has 0 heteroatoms. The first-order valence-corrected chi connectivity index (χ1v) is 5.09. The summed E-state index contributed by atoms with van der Waals surface area (Å²) in [5, 5.41) is 0. The second-order valence-corrected chi connectivity index (χ2v) is 6.22. The van der Waals surface area contributed by atoms with Crippen LogP contribution in [0.1, 0.15) is 27.2 Å². The van der Waals surface area contributed by atoms with Crippen LogP contribution in [0.15, 0.2) is 0 Å². The van der Waals surface area contributed by atoms with Crippen molar-refractivity contribution in [2.75, 3.05) is 0 Å². The molecule has 60 valence electrons. The fourth-order valence-electron chi connectivity index (χ4n) is 5.81. The van der Waals surface area contributed by atoms with Gasteiger partial charge in [-0.2, -0.15) is 0 Å². The van der Waals surface area contributed by atoms with E-state index in [1.165, 1.54) is 17.8 Å². The van der Waals surface area contributed by atoms with Crippen molar-refractivity contribution in [3.63, 3.8) is 0 Å². The Morgan fingerprint density at radius 1 is 1.09 bits per heavy atom. The first-order valence-electron chi connectivity index (χ1n) is 5.09. The van der Waals surface area contributed by atoms with Gasteiger partial charge >= 0.3 is 0 Å². The third-order valence-electron chi connectivity index (χ3n) is 6.04. The summed E-state index contributed by atoms with van der Waals surface area (Å²) in [5.74, 6) is 5.90. The fourth-order valence-corrected chi connectivity index (χ4v) is 5.81. The number of hydrogen-bond donors (Lipinski definition) is 0. The van der Waals surface area contributed by atoms with Gasteiger partial charge in [0.1, 0.15) is 0 Å². The second kappa shape index (κ2) is 1.03. The van der Waals surface area contributed by atoms with Crippen LogP contribution < -0.4 is 0 Å². The minimum Gasteiger partial charge on any atom is -0.0593 e. The van der Waals surface area contributed by atoms with Crippen molar-refractivity contribution in [3.8, 4) is 0 Å². The molecule has 11 heavy (non-hydrogen) atoms. The van der Waals surface area contributed by atoms with E-state index >= 15 is 0 Å². The predicted octanol–water partition coefficient (Wildman–Crippen LogP) is 2.54. The predicted molar refractivity (Wildman–Crippen MR) is 44.0 cm³/mol. The molecule has 0 aromatic carbocycles. The highest BCUT2D eigenvalue weighted by atomic mass is 15.0. The van der Waals surface area contributed by atoms with Gasteiger partial charge in [-0.25, -0.2) is 0 Å². The summed E-state index contributed by atoms with van der Waals surface area (Å²) >= 11 is 0. The van der Waals surface area contributed by atoms with Crippen LogP contribution in [-0.2, 0) is 0 Å². The highest BCUT2D eigenvalue weighted by Crippen LogP contribution is 2.96. The molecule has 0 aromatic heterocycles. The van der Waals surface area contributed by atoms with Gasteiger partial charge in [0.2, 0.25) is 0 Å². The molecule has 0 spiro atoms. The van der Waals surface area contributed by atoms with E-state index in [4.69, 9.17) is 0 Å². The topological polar surface area (TPSA) is 0 Å². The Balaban J connectivity index is 1.89. The minimum atomic E-state index is 0.739. The maximum atomic E-state index is 2.56. The molecule has 6 unspecified atom stereocenters. The van der Waals surface area contributed by atoms with Gasteiger partial charge in [-0.15, -0.1) is 0 Å². The van der Waals surface area contributed by atoms with E-state index < -0.39 is 0 Å². The van der Waals surface area contributed by atoms with Crippen molar-refractivity contribution in [2.45, 2.75) is 27.2 Å². The Labute approximate surface area is 68.4 Å². The Morgan fingerprint density at radius 2 is 1.82 bits per heavy atom. The number of rotatable bonds is 0. The van der Waals surface area contributed by atoms with E-state index in [1.807, 2.05) is 0 Å². The molecule has 4 rings (SSSR count). The molecule has 0 heterocycles. The van der Waals surface area contributed by atoms with E-state index in [-0.39, 0.29) is 0 Å². The first-order chi connectivity index (χ1) is 5.09. The van der Waals surface area contributed by atoms with E-state index in [9.17, 15) is 0 Å². The van der Waals surface area contributed by atoms with Gasteiger partial charge in [0.25, 0.3) is 0 Å². The van der Waals surface area contributed by atoms with Gasteiger partial charge in [0.05, 0.1) is 0 Å². The largest absolute Gasteiger partial charge is 0.0593 e. The fraction of sp³-hybridized carbons (Fsp3) is 1.00. The molecule has 0 saturated heterocycles. The van der Waals surface area contributed by atoms with Crippen molar-refractivity contribution in [1.29, 1.82) is 0 Å². The summed E-state index contributed by atoms with van der Waals surface area (Å²) in [6, 6.07) is 0. The number of hydrogen-bond acceptors (Lipinski definition) is 0. The molecule has 4 fully saturated rings. The average molecular weight is 148 g/mol. The molecule has 0 radical (unpaired) electrons. The van der Waals surface area contributed by atoms with Crippen LogP contribution in [0.25, 0.3) is 0 Å². The Morgan fingerprint density at radius 3 is 2.18 bits per heavy atom. The Kier molecular flexibility index (Phi) is 0.527. The van der Waals surface area contributed by atoms with Crippen LogP contribution in [0, 0.1) is 40.4 Å². The van der Waals surface area contributed by atoms with Crippen LogP contribution in [0.5, 0.6) is 0 Å². The van der Waals surface area contributed by atoms with E-state index in [2.05, 4.69) is 20.8 Å². The molecular weight excluding hydrogens is 132 g/mol. The Bertz CT molecular complexity index is 254. The molecule has 0 bridgehead atoms. The van der Waals surface area contributed by atoms with Crippen LogP contribution in [0.3, 0.4) is 0 Å². The summed E-state index contributed by atoms with van der Waals surface area (Å²) in [7, 11) is 0. The lowest BCUT2D eigenvalue weighted by Crippen LogP contribution is -2.64. The zero-order valence-electron chi connectivity index (χ0n) is 7.59. The SMILES string of the molecule is CC1(C)C2CC3C4C2C1C34C. The number of fused-ring (bicyclic) bond motifs is 2. The average Bonchev–Trinajstić information content (AvgIpc) is 2.31. The van der Waals surface area contributed by atoms with Gasteiger partial charge in [-0.05, 0) is 46.8 Å². The lowest BCUT2D eigenvalue weighted by molar-refractivity contribution is -0.219. The molecule has 4 aliphatic rings. The zero-order valence-corrected chi connectivity index (χ0v) is 7.59. The maximum Gasteiger partial charge on any atom is -0.0224 e. The lowest BCUT2D eigenvalue weighted by Gasteiger charge is -2.69. The molecule has 0 amide bonds. The van der Waals surface area contributed by atoms with Crippen LogP contribution in [-0.4, -0.2) is 0 Å². The van der Waals surface area contributed by atoms with Crippen molar-refractivity contribution >= 4 is 0 Å². The monoisotopic (exact) mass is 148 g/mol. The van der Waals surface area contributed by atoms with Gasteiger partial charge in [0, 0.05) is 0 Å². The zero-order chi connectivity index (χ0) is 7.59. The molecule has 4 aliphatic carbocycles. The third-order valence-corrected chi connectivity index (χ3v) is 6.04. The van der Waals surface area contributed by atoms with E-state index in [0.29, 0.717) is 0 Å². The Hall–Kier alpha value is 0. The standard InChI is InChI=1S/C11H16/c1-10(2)5-4-6-8-7(5)9(10)11(6,8)3/h5-9H,4H2,1-3H3. The van der Waals surface area contributed by atoms with E-state index in [0.717, 1.165) is 22.7 Å². The first kappa shape index (κ1) is 5.61. The van der Waals surface area contributed by atoms with Gasteiger partial charge in [0.15, 0.2) is 0 Å². The van der Waals surface area contributed by atoms with Gasteiger partial charge in [-0.3, -0.25) is 0 Å². The molecule has 4 saturated carbocycles. The van der Waals surface area contributed by atoms with Crippen LogP contribution >= 0.6 is 0 Å². The van der Waals surface area contributed by atoms with Crippen LogP contribution in [0.2, 0.25) is 0 Å². The summed E-state index contributed by atoms with van der Waals surface area (Å²) in [6.07, 6.45) is 1.59. The minimum absolute atomic E-state index is 0.739. The summed E-state index contributed by atoms with van der Waals surface area (Å²) < 4.78 is 0. The van der Waals surface area contributed by atoms with Gasteiger partial charge < -0.3 is 0 Å². The summed E-state index contributed by atoms with van der Waals surface area (Å²) in [6.45, 7) is 7.57. The highest BCUT2D eigenvalue weighted by Gasteiger charge is 2.91. The van der Waals surface area contributed by atoms with Gasteiger partial charge in [-0.1, -0.05) is 20.8 Å².